The average molecular weight is 615 g/mol. The van der Waals surface area contributed by atoms with Gasteiger partial charge in [0, 0.05) is 30.6 Å². The van der Waals surface area contributed by atoms with E-state index in [1.807, 2.05) is 13.8 Å². The third kappa shape index (κ3) is 5.15. The van der Waals surface area contributed by atoms with E-state index >= 15 is 0 Å². The molecule has 0 N–H and O–H groups in total. The zero-order valence-corrected chi connectivity index (χ0v) is 27.3. The number of fused-ring (bicyclic) bond motifs is 3. The van der Waals surface area contributed by atoms with Crippen LogP contribution in [-0.4, -0.2) is 53.3 Å². The van der Waals surface area contributed by atoms with Crippen molar-refractivity contribution in [2.24, 2.45) is 0 Å². The van der Waals surface area contributed by atoms with E-state index in [9.17, 15) is 24.0 Å². The summed E-state index contributed by atoms with van der Waals surface area (Å²) in [7, 11) is 2.76. The molecule has 1 unspecified atom stereocenters. The highest BCUT2D eigenvalue weighted by molar-refractivity contribution is 6.24. The third-order valence-corrected chi connectivity index (χ3v) is 9.16. The van der Waals surface area contributed by atoms with E-state index < -0.39 is 29.4 Å². The van der Waals surface area contributed by atoms with Gasteiger partial charge in [-0.25, -0.2) is 0 Å². The normalized spacial score (nSPS) is 18.7. The molecule has 4 amide bonds. The van der Waals surface area contributed by atoms with Crippen LogP contribution in [-0.2, 0) is 10.8 Å². The van der Waals surface area contributed by atoms with Gasteiger partial charge in [-0.15, -0.1) is 0 Å². The largest absolute Gasteiger partial charge is 0.289 e. The molecule has 234 valence electrons. The lowest BCUT2D eigenvalue weighted by Gasteiger charge is -2.28. The van der Waals surface area contributed by atoms with Crippen LogP contribution in [0.4, 0.5) is 0 Å². The molecule has 2 aliphatic heterocycles. The summed E-state index contributed by atoms with van der Waals surface area (Å²) in [5.74, 6) is -2.14. The first-order chi connectivity index (χ1) is 21.8. The number of hydrogen-bond acceptors (Lipinski definition) is 5. The quantitative estimate of drug-likeness (QED) is 0.182. The maximum Gasteiger partial charge on any atom is 0.261 e. The van der Waals surface area contributed by atoms with Crippen molar-refractivity contribution in [1.29, 1.82) is 0 Å². The van der Waals surface area contributed by atoms with Crippen molar-refractivity contribution in [2.75, 3.05) is 14.1 Å². The molecule has 1 aliphatic carbocycles. The van der Waals surface area contributed by atoms with Crippen LogP contribution in [0.2, 0.25) is 0 Å². The van der Waals surface area contributed by atoms with Gasteiger partial charge >= 0.3 is 0 Å². The first-order valence-electron chi connectivity index (χ1n) is 15.5. The molecule has 4 aromatic rings. The Morgan fingerprint density at radius 1 is 0.565 bits per heavy atom. The standard InChI is InChI=1S/C19H12N2O5.C18H20.C2H6/c1-20-16(23)11-5-3-9(7-13(11)18(20)25)15(22)10-4-6-12-14(8-10)19(26)21(2)17(12)24;1-17(2)13-18(3,14-9-5-4-6-10-14)16-12-8-7-11-15(16)17;1-2/h3-8H,1-2H3;4-12H,13H2,1-3H3;1-2H3. The van der Waals surface area contributed by atoms with Crippen molar-refractivity contribution >= 4 is 29.4 Å². The van der Waals surface area contributed by atoms with Gasteiger partial charge in [0.1, 0.15) is 0 Å². The average Bonchev–Trinajstić information content (AvgIpc) is 3.54. The Bertz CT molecular complexity index is 1830. The van der Waals surface area contributed by atoms with Gasteiger partial charge in [0.15, 0.2) is 5.78 Å². The molecule has 7 heteroatoms. The number of rotatable bonds is 3. The second kappa shape index (κ2) is 12.0. The van der Waals surface area contributed by atoms with Crippen LogP contribution in [0.5, 0.6) is 0 Å². The highest BCUT2D eigenvalue weighted by Crippen LogP contribution is 2.52. The minimum atomic E-state index is -0.462. The number of ketones is 1. The van der Waals surface area contributed by atoms with Gasteiger partial charge < -0.3 is 0 Å². The zero-order valence-electron chi connectivity index (χ0n) is 27.3. The van der Waals surface area contributed by atoms with E-state index in [0.717, 1.165) is 9.80 Å². The number of imide groups is 2. The summed E-state index contributed by atoms with van der Waals surface area (Å²) < 4.78 is 0. The van der Waals surface area contributed by atoms with Crippen LogP contribution in [0.1, 0.15) is 115 Å². The molecule has 1 atom stereocenters. The Labute approximate surface area is 269 Å². The van der Waals surface area contributed by atoms with E-state index in [4.69, 9.17) is 0 Å². The SMILES string of the molecule is CC.CC1(C)CC(C)(c2ccccc2)c2ccccc21.CN1C(=O)c2ccc(C(=O)c3ccc4c(c3)C(=O)N(C)C4=O)cc2C1=O. The fraction of sp³-hybridized carbons (Fsp3) is 0.256. The van der Waals surface area contributed by atoms with E-state index in [1.165, 1.54) is 73.6 Å². The number of hydrogen-bond donors (Lipinski definition) is 0. The summed E-state index contributed by atoms with van der Waals surface area (Å²) in [5, 5.41) is 0. The Morgan fingerprint density at radius 2 is 0.978 bits per heavy atom. The van der Waals surface area contributed by atoms with Crippen molar-refractivity contribution in [3.63, 3.8) is 0 Å². The molecular formula is C39H38N2O5. The first kappa shape index (κ1) is 32.2. The number of amides is 4. The van der Waals surface area contributed by atoms with E-state index in [0.29, 0.717) is 0 Å². The van der Waals surface area contributed by atoms with Crippen molar-refractivity contribution in [2.45, 2.75) is 51.9 Å². The van der Waals surface area contributed by atoms with Crippen LogP contribution in [0.3, 0.4) is 0 Å². The fourth-order valence-corrected chi connectivity index (χ4v) is 6.86. The lowest BCUT2D eigenvalue weighted by atomic mass is 9.75. The van der Waals surface area contributed by atoms with Crippen molar-refractivity contribution < 1.29 is 24.0 Å². The monoisotopic (exact) mass is 614 g/mol. The molecule has 7 nitrogen and oxygen atoms in total. The van der Waals surface area contributed by atoms with Gasteiger partial charge in [-0.1, -0.05) is 101 Å². The Kier molecular flexibility index (Phi) is 8.39. The van der Waals surface area contributed by atoms with Crippen LogP contribution >= 0.6 is 0 Å². The zero-order chi connectivity index (χ0) is 33.6. The van der Waals surface area contributed by atoms with Crippen molar-refractivity contribution in [3.8, 4) is 0 Å². The summed E-state index contributed by atoms with van der Waals surface area (Å²) in [6, 6.07) is 28.4. The number of benzene rings is 4. The van der Waals surface area contributed by atoms with Crippen molar-refractivity contribution in [1.82, 2.24) is 9.80 Å². The molecular weight excluding hydrogens is 576 g/mol. The Balaban J connectivity index is 0.000000182. The predicted octanol–water partition coefficient (Wildman–Crippen LogP) is 7.07. The van der Waals surface area contributed by atoms with Gasteiger partial charge in [0.05, 0.1) is 22.3 Å². The minimum absolute atomic E-state index is 0.154. The van der Waals surface area contributed by atoms with Gasteiger partial charge in [0.2, 0.25) is 0 Å². The molecule has 0 fully saturated rings. The summed E-state index contributed by atoms with van der Waals surface area (Å²) in [6.45, 7) is 11.1. The molecule has 7 rings (SSSR count). The maximum atomic E-state index is 12.8. The van der Waals surface area contributed by atoms with Gasteiger partial charge in [-0.05, 0) is 52.8 Å². The smallest absolute Gasteiger partial charge is 0.261 e. The summed E-state index contributed by atoms with van der Waals surface area (Å²) in [4.78, 5) is 62.8. The molecule has 3 aliphatic rings. The summed E-state index contributed by atoms with van der Waals surface area (Å²) in [5.41, 5.74) is 6.18. The molecule has 0 radical (unpaired) electrons. The van der Waals surface area contributed by atoms with Gasteiger partial charge in [-0.3, -0.25) is 33.8 Å². The number of carbonyl (C=O) groups is 5. The van der Waals surface area contributed by atoms with Gasteiger partial charge in [-0.2, -0.15) is 0 Å². The molecule has 2 heterocycles. The van der Waals surface area contributed by atoms with Gasteiger partial charge in [0.25, 0.3) is 23.6 Å². The van der Waals surface area contributed by atoms with Crippen LogP contribution in [0.15, 0.2) is 91.0 Å². The Morgan fingerprint density at radius 3 is 1.46 bits per heavy atom. The highest BCUT2D eigenvalue weighted by Gasteiger charge is 2.45. The lowest BCUT2D eigenvalue weighted by molar-refractivity contribution is 0.0678. The minimum Gasteiger partial charge on any atom is -0.289 e. The predicted molar refractivity (Wildman–Crippen MR) is 177 cm³/mol. The number of carbonyl (C=O) groups excluding carboxylic acids is 5. The Hall–Kier alpha value is -5.17. The molecule has 0 aromatic heterocycles. The molecule has 4 aromatic carbocycles. The second-order valence-electron chi connectivity index (χ2n) is 12.5. The topological polar surface area (TPSA) is 91.8 Å². The van der Waals surface area contributed by atoms with Crippen LogP contribution in [0, 0.1) is 0 Å². The molecule has 0 bridgehead atoms. The van der Waals surface area contributed by atoms with E-state index in [-0.39, 0.29) is 44.2 Å². The second-order valence-corrected chi connectivity index (χ2v) is 12.5. The third-order valence-electron chi connectivity index (χ3n) is 9.16. The molecule has 0 saturated heterocycles. The summed E-state index contributed by atoms with van der Waals surface area (Å²) in [6.07, 6.45) is 1.18. The van der Waals surface area contributed by atoms with Crippen LogP contribution < -0.4 is 0 Å². The molecule has 46 heavy (non-hydrogen) atoms. The van der Waals surface area contributed by atoms with Crippen molar-refractivity contribution in [3.05, 3.63) is 141 Å². The van der Waals surface area contributed by atoms with E-state index in [1.54, 1.807) is 0 Å². The lowest BCUT2D eigenvalue weighted by Crippen LogP contribution is -2.24. The maximum absolute atomic E-state index is 12.8. The molecule has 0 spiro atoms. The van der Waals surface area contributed by atoms with E-state index in [2.05, 4.69) is 75.4 Å². The molecule has 0 saturated carbocycles. The fourth-order valence-electron chi connectivity index (χ4n) is 6.86. The number of nitrogens with zero attached hydrogens (tertiary/aromatic N) is 2. The van der Waals surface area contributed by atoms with Crippen LogP contribution in [0.25, 0.3) is 0 Å². The summed E-state index contributed by atoms with van der Waals surface area (Å²) >= 11 is 0. The highest BCUT2D eigenvalue weighted by atomic mass is 16.2. The first-order valence-corrected chi connectivity index (χ1v) is 15.5.